The van der Waals surface area contributed by atoms with Crippen LogP contribution in [0.4, 0.5) is 0 Å². The number of hydrogen-bond acceptors (Lipinski definition) is 6. The summed E-state index contributed by atoms with van der Waals surface area (Å²) in [5.41, 5.74) is 0.598. The number of aromatic nitrogens is 1. The second-order valence-corrected chi connectivity index (χ2v) is 6.81. The number of hydrogen-bond donors (Lipinski definition) is 1. The Morgan fingerprint density at radius 2 is 1.67 bits per heavy atom. The van der Waals surface area contributed by atoms with Gasteiger partial charge in [0.05, 0.1) is 21.3 Å². The third kappa shape index (κ3) is 4.08. The van der Waals surface area contributed by atoms with Gasteiger partial charge in [0.15, 0.2) is 11.5 Å². The molecule has 1 aromatic carbocycles. The van der Waals surface area contributed by atoms with Gasteiger partial charge in [0.1, 0.15) is 15.8 Å². The summed E-state index contributed by atoms with van der Waals surface area (Å²) in [5, 5.41) is 0.218. The molecule has 0 aliphatic carbocycles. The quantitative estimate of drug-likeness (QED) is 0.750. The highest BCUT2D eigenvalue weighted by Gasteiger charge is 2.17. The molecule has 0 radical (unpaired) electrons. The van der Waals surface area contributed by atoms with Crippen molar-refractivity contribution in [3.8, 4) is 17.2 Å². The second-order valence-electron chi connectivity index (χ2n) is 4.66. The van der Waals surface area contributed by atoms with Crippen LogP contribution in [0.1, 0.15) is 5.56 Å². The molecule has 7 nitrogen and oxygen atoms in total. The minimum absolute atomic E-state index is 0.00842. The first-order valence-electron chi connectivity index (χ1n) is 6.81. The maximum absolute atomic E-state index is 12.3. The van der Waals surface area contributed by atoms with Crippen LogP contribution >= 0.6 is 11.6 Å². The van der Waals surface area contributed by atoms with E-state index in [1.165, 1.54) is 39.7 Å². The lowest BCUT2D eigenvalue weighted by Crippen LogP contribution is -2.23. The summed E-state index contributed by atoms with van der Waals surface area (Å²) in [5.74, 6) is 1.44. The molecular formula is C15H17ClN2O5S. The van der Waals surface area contributed by atoms with Gasteiger partial charge in [-0.1, -0.05) is 11.6 Å². The highest BCUT2D eigenvalue weighted by atomic mass is 35.5. The van der Waals surface area contributed by atoms with E-state index in [-0.39, 0.29) is 16.6 Å². The Morgan fingerprint density at radius 3 is 2.21 bits per heavy atom. The first-order chi connectivity index (χ1) is 11.4. The number of halogens is 1. The van der Waals surface area contributed by atoms with Crippen molar-refractivity contribution in [2.45, 2.75) is 11.4 Å². The molecule has 1 N–H and O–H groups in total. The van der Waals surface area contributed by atoms with Crippen molar-refractivity contribution in [2.75, 3.05) is 21.3 Å². The van der Waals surface area contributed by atoms with Crippen LogP contribution in [0.25, 0.3) is 0 Å². The Balaban J connectivity index is 2.26. The zero-order chi connectivity index (χ0) is 17.7. The lowest BCUT2D eigenvalue weighted by Gasteiger charge is -2.14. The second kappa shape index (κ2) is 7.69. The fraction of sp³-hybridized carbons (Fsp3) is 0.267. The Morgan fingerprint density at radius 1 is 1.04 bits per heavy atom. The maximum atomic E-state index is 12.3. The lowest BCUT2D eigenvalue weighted by molar-refractivity contribution is 0.347. The number of sulfonamides is 1. The summed E-state index contributed by atoms with van der Waals surface area (Å²) < 4.78 is 42.8. The average molecular weight is 373 g/mol. The van der Waals surface area contributed by atoms with Gasteiger partial charge in [0, 0.05) is 24.4 Å². The normalized spacial score (nSPS) is 11.2. The molecule has 1 aromatic heterocycles. The summed E-state index contributed by atoms with van der Waals surface area (Å²) in [4.78, 5) is 3.79. The van der Waals surface area contributed by atoms with Crippen molar-refractivity contribution in [3.63, 3.8) is 0 Å². The van der Waals surface area contributed by atoms with Gasteiger partial charge >= 0.3 is 0 Å². The van der Waals surface area contributed by atoms with Crippen LogP contribution in [0, 0.1) is 0 Å². The average Bonchev–Trinajstić information content (AvgIpc) is 2.59. The molecule has 0 aliphatic heterocycles. The van der Waals surface area contributed by atoms with Crippen molar-refractivity contribution in [1.82, 2.24) is 9.71 Å². The SMILES string of the molecule is COc1cc(OC)c(OC)cc1CNS(=O)(=O)c1ccc(Cl)nc1. The molecule has 0 unspecified atom stereocenters. The molecule has 0 amide bonds. The zero-order valence-electron chi connectivity index (χ0n) is 13.4. The number of nitrogens with one attached hydrogen (secondary N) is 1. The molecular weight excluding hydrogens is 356 g/mol. The molecule has 2 aromatic rings. The van der Waals surface area contributed by atoms with Gasteiger partial charge < -0.3 is 14.2 Å². The zero-order valence-corrected chi connectivity index (χ0v) is 14.9. The summed E-state index contributed by atoms with van der Waals surface area (Å²) >= 11 is 5.67. The van der Waals surface area contributed by atoms with Crippen molar-refractivity contribution < 1.29 is 22.6 Å². The predicted molar refractivity (Wildman–Crippen MR) is 89.4 cm³/mol. The highest BCUT2D eigenvalue weighted by molar-refractivity contribution is 7.89. The Bertz CT molecular complexity index is 809. The fourth-order valence-corrected chi connectivity index (χ4v) is 3.07. The number of methoxy groups -OCH3 is 3. The topological polar surface area (TPSA) is 86.8 Å². The third-order valence-corrected chi connectivity index (χ3v) is 4.86. The van der Waals surface area contributed by atoms with Gasteiger partial charge in [0.25, 0.3) is 0 Å². The van der Waals surface area contributed by atoms with Crippen LogP contribution in [0.3, 0.4) is 0 Å². The Hall–Kier alpha value is -2.03. The lowest BCUT2D eigenvalue weighted by atomic mass is 10.1. The fourth-order valence-electron chi connectivity index (χ4n) is 2.01. The van der Waals surface area contributed by atoms with Gasteiger partial charge in [-0.3, -0.25) is 0 Å². The number of pyridine rings is 1. The van der Waals surface area contributed by atoms with Crippen molar-refractivity contribution in [3.05, 3.63) is 41.2 Å². The van der Waals surface area contributed by atoms with E-state index in [1.54, 1.807) is 12.1 Å². The monoisotopic (exact) mass is 372 g/mol. The number of benzene rings is 1. The molecule has 2 rings (SSSR count). The Labute approximate surface area is 145 Å². The molecule has 0 aliphatic rings. The van der Waals surface area contributed by atoms with Gasteiger partial charge in [-0.15, -0.1) is 0 Å². The molecule has 0 atom stereocenters. The molecule has 24 heavy (non-hydrogen) atoms. The summed E-state index contributed by atoms with van der Waals surface area (Å²) in [7, 11) is 0.759. The maximum Gasteiger partial charge on any atom is 0.242 e. The number of ether oxygens (including phenoxy) is 3. The first-order valence-corrected chi connectivity index (χ1v) is 8.67. The minimum Gasteiger partial charge on any atom is -0.496 e. The van der Waals surface area contributed by atoms with E-state index in [0.29, 0.717) is 22.8 Å². The summed E-state index contributed by atoms with van der Waals surface area (Å²) in [6.45, 7) is 0.00842. The molecule has 0 bridgehead atoms. The van der Waals surface area contributed by atoms with Crippen molar-refractivity contribution >= 4 is 21.6 Å². The van der Waals surface area contributed by atoms with Crippen LogP contribution in [-0.4, -0.2) is 34.7 Å². The molecule has 130 valence electrons. The molecule has 0 saturated heterocycles. The molecule has 0 fully saturated rings. The largest absolute Gasteiger partial charge is 0.496 e. The predicted octanol–water partition coefficient (Wildman–Crippen LogP) is 2.24. The van der Waals surface area contributed by atoms with Crippen LogP contribution in [0.15, 0.2) is 35.4 Å². The van der Waals surface area contributed by atoms with Crippen molar-refractivity contribution in [2.24, 2.45) is 0 Å². The van der Waals surface area contributed by atoms with E-state index >= 15 is 0 Å². The van der Waals surface area contributed by atoms with Gasteiger partial charge in [-0.25, -0.2) is 18.1 Å². The van der Waals surface area contributed by atoms with Crippen LogP contribution < -0.4 is 18.9 Å². The summed E-state index contributed by atoms with van der Waals surface area (Å²) in [6, 6.07) is 6.07. The van der Waals surface area contributed by atoms with E-state index in [2.05, 4.69) is 9.71 Å². The van der Waals surface area contributed by atoms with E-state index < -0.39 is 10.0 Å². The minimum atomic E-state index is -3.73. The third-order valence-electron chi connectivity index (χ3n) is 3.25. The van der Waals surface area contributed by atoms with Crippen LogP contribution in [-0.2, 0) is 16.6 Å². The summed E-state index contributed by atoms with van der Waals surface area (Å²) in [6.07, 6.45) is 1.19. The van der Waals surface area contributed by atoms with E-state index in [0.717, 1.165) is 0 Å². The first kappa shape index (κ1) is 18.3. The highest BCUT2D eigenvalue weighted by Crippen LogP contribution is 2.34. The smallest absolute Gasteiger partial charge is 0.242 e. The Kier molecular flexibility index (Phi) is 5.87. The van der Waals surface area contributed by atoms with Gasteiger partial charge in [0.2, 0.25) is 10.0 Å². The van der Waals surface area contributed by atoms with E-state index in [9.17, 15) is 8.42 Å². The van der Waals surface area contributed by atoms with Gasteiger partial charge in [-0.2, -0.15) is 0 Å². The van der Waals surface area contributed by atoms with Crippen LogP contribution in [0.2, 0.25) is 5.15 Å². The van der Waals surface area contributed by atoms with Crippen LogP contribution in [0.5, 0.6) is 17.2 Å². The van der Waals surface area contributed by atoms with E-state index in [4.69, 9.17) is 25.8 Å². The number of rotatable bonds is 7. The van der Waals surface area contributed by atoms with E-state index in [1.807, 2.05) is 0 Å². The molecule has 9 heteroatoms. The number of nitrogens with zero attached hydrogens (tertiary/aromatic N) is 1. The van der Waals surface area contributed by atoms with Crippen molar-refractivity contribution in [1.29, 1.82) is 0 Å². The molecule has 0 saturated carbocycles. The standard InChI is InChI=1S/C15H17ClN2O5S/c1-21-12-7-14(23-3)13(22-2)6-10(12)8-18-24(19,20)11-4-5-15(16)17-9-11/h4-7,9,18H,8H2,1-3H3. The van der Waals surface area contributed by atoms with Gasteiger partial charge in [-0.05, 0) is 18.2 Å². The molecule has 0 spiro atoms. The molecule has 1 heterocycles.